The number of fused-ring (bicyclic) bond motifs is 3. The van der Waals surface area contributed by atoms with Crippen molar-refractivity contribution >= 4 is 21.8 Å². The van der Waals surface area contributed by atoms with Crippen LogP contribution in [0, 0.1) is 0 Å². The van der Waals surface area contributed by atoms with Gasteiger partial charge in [0.05, 0.1) is 0 Å². The Balaban J connectivity index is 2.38. The lowest BCUT2D eigenvalue weighted by molar-refractivity contribution is 0.923. The molecule has 3 aromatic rings. The molecule has 2 aromatic carbocycles. The summed E-state index contributed by atoms with van der Waals surface area (Å²) in [6.45, 7) is 2.23. The van der Waals surface area contributed by atoms with Crippen molar-refractivity contribution in [2.75, 3.05) is 0 Å². The summed E-state index contributed by atoms with van der Waals surface area (Å²) in [4.78, 5) is 0. The van der Waals surface area contributed by atoms with E-state index in [0.29, 0.717) is 0 Å². The van der Waals surface area contributed by atoms with Crippen LogP contribution in [0.4, 0.5) is 0 Å². The van der Waals surface area contributed by atoms with Gasteiger partial charge >= 0.3 is 0 Å². The Morgan fingerprint density at radius 2 is 1.71 bits per heavy atom. The molecule has 1 nitrogen and oxygen atoms in total. The average Bonchev–Trinajstić information content (AvgIpc) is 2.65. The van der Waals surface area contributed by atoms with Crippen LogP contribution in [-0.2, 0) is 13.5 Å². The zero-order chi connectivity index (χ0) is 11.8. The molecule has 0 aliphatic heterocycles. The van der Waals surface area contributed by atoms with Crippen LogP contribution in [0.3, 0.4) is 0 Å². The molecule has 0 amide bonds. The first-order valence-corrected chi connectivity index (χ1v) is 6.27. The van der Waals surface area contributed by atoms with Crippen molar-refractivity contribution in [3.05, 3.63) is 48.0 Å². The first kappa shape index (κ1) is 10.4. The molecule has 17 heavy (non-hydrogen) atoms. The van der Waals surface area contributed by atoms with Crippen molar-refractivity contribution in [3.63, 3.8) is 0 Å². The number of para-hydroxylation sites is 1. The fourth-order valence-corrected chi connectivity index (χ4v) is 2.66. The Bertz CT molecular complexity index is 676. The van der Waals surface area contributed by atoms with Crippen LogP contribution in [0.5, 0.6) is 0 Å². The minimum atomic E-state index is 1.17. The number of hydrogen-bond donors (Lipinski definition) is 0. The number of rotatable bonds is 2. The van der Waals surface area contributed by atoms with Crippen LogP contribution >= 0.6 is 0 Å². The summed E-state index contributed by atoms with van der Waals surface area (Å²) in [6.07, 6.45) is 2.37. The third-order valence-electron chi connectivity index (χ3n) is 3.52. The molecule has 0 saturated carbocycles. The average molecular weight is 223 g/mol. The maximum absolute atomic E-state index is 2.35. The second-order valence-electron chi connectivity index (χ2n) is 4.68. The quantitative estimate of drug-likeness (QED) is 0.611. The van der Waals surface area contributed by atoms with Crippen molar-refractivity contribution in [1.29, 1.82) is 0 Å². The predicted octanol–water partition coefficient (Wildman–Crippen LogP) is 4.28. The van der Waals surface area contributed by atoms with Crippen LogP contribution in [0.1, 0.15) is 18.9 Å². The molecule has 0 bridgehead atoms. The Kier molecular flexibility index (Phi) is 2.40. The molecule has 0 radical (unpaired) electrons. The molecule has 0 unspecified atom stereocenters. The lowest BCUT2D eigenvalue weighted by atomic mass is 10.1. The zero-order valence-electron chi connectivity index (χ0n) is 10.4. The summed E-state index contributed by atoms with van der Waals surface area (Å²) in [6, 6.07) is 15.5. The summed E-state index contributed by atoms with van der Waals surface area (Å²) in [7, 11) is 2.14. The molecule has 0 atom stereocenters. The van der Waals surface area contributed by atoms with Gasteiger partial charge in [-0.25, -0.2) is 0 Å². The summed E-state index contributed by atoms with van der Waals surface area (Å²) in [5.74, 6) is 0. The number of benzene rings is 2. The highest BCUT2D eigenvalue weighted by Gasteiger charge is 2.07. The van der Waals surface area contributed by atoms with Gasteiger partial charge in [0.1, 0.15) is 0 Å². The molecule has 0 saturated heterocycles. The Morgan fingerprint density at radius 1 is 0.941 bits per heavy atom. The van der Waals surface area contributed by atoms with Crippen LogP contribution in [0.15, 0.2) is 42.5 Å². The fourth-order valence-electron chi connectivity index (χ4n) is 2.66. The molecular formula is C16H17N. The molecule has 0 aliphatic carbocycles. The molecular weight excluding hydrogens is 206 g/mol. The highest BCUT2D eigenvalue weighted by atomic mass is 14.9. The number of hydrogen-bond acceptors (Lipinski definition) is 0. The van der Waals surface area contributed by atoms with Crippen molar-refractivity contribution in [2.24, 2.45) is 7.05 Å². The zero-order valence-corrected chi connectivity index (χ0v) is 10.4. The summed E-state index contributed by atoms with van der Waals surface area (Å²) in [5.41, 5.74) is 4.08. The Morgan fingerprint density at radius 3 is 2.53 bits per heavy atom. The first-order valence-electron chi connectivity index (χ1n) is 6.27. The van der Waals surface area contributed by atoms with E-state index in [4.69, 9.17) is 0 Å². The third kappa shape index (κ3) is 1.54. The van der Waals surface area contributed by atoms with Crippen LogP contribution in [0.25, 0.3) is 21.8 Å². The maximum Gasteiger partial charge on any atom is 0.0488 e. The van der Waals surface area contributed by atoms with Gasteiger partial charge in [0.15, 0.2) is 0 Å². The second kappa shape index (κ2) is 3.92. The van der Waals surface area contributed by atoms with Crippen molar-refractivity contribution in [1.82, 2.24) is 4.57 Å². The second-order valence-corrected chi connectivity index (χ2v) is 4.68. The van der Waals surface area contributed by atoms with Gasteiger partial charge in [-0.3, -0.25) is 0 Å². The molecule has 86 valence electrons. The van der Waals surface area contributed by atoms with E-state index in [-0.39, 0.29) is 0 Å². The van der Waals surface area contributed by atoms with E-state index < -0.39 is 0 Å². The number of aromatic nitrogens is 1. The first-order chi connectivity index (χ1) is 8.31. The molecule has 0 spiro atoms. The Hall–Kier alpha value is -1.76. The van der Waals surface area contributed by atoms with Crippen molar-refractivity contribution in [2.45, 2.75) is 19.8 Å². The van der Waals surface area contributed by atoms with Crippen molar-refractivity contribution in [3.8, 4) is 0 Å². The summed E-state index contributed by atoms with van der Waals surface area (Å²) < 4.78 is 2.28. The van der Waals surface area contributed by atoms with Crippen LogP contribution in [-0.4, -0.2) is 4.57 Å². The lowest BCUT2D eigenvalue weighted by Crippen LogP contribution is -1.87. The molecule has 1 aromatic heterocycles. The van der Waals surface area contributed by atoms with E-state index >= 15 is 0 Å². The van der Waals surface area contributed by atoms with Gasteiger partial charge < -0.3 is 4.57 Å². The number of nitrogens with zero attached hydrogens (tertiary/aromatic N) is 1. The highest BCUT2D eigenvalue weighted by Crippen LogP contribution is 2.28. The highest BCUT2D eigenvalue weighted by molar-refractivity contribution is 6.08. The van der Waals surface area contributed by atoms with Gasteiger partial charge in [-0.15, -0.1) is 0 Å². The summed E-state index contributed by atoms with van der Waals surface area (Å²) >= 11 is 0. The standard InChI is InChI=1S/C16H17N/c1-3-6-12-9-10-16-14(11-12)13-7-4-5-8-15(13)17(16)2/h4-5,7-11H,3,6H2,1-2H3. The molecule has 0 N–H and O–H groups in total. The lowest BCUT2D eigenvalue weighted by Gasteiger charge is -2.00. The fraction of sp³-hybridized carbons (Fsp3) is 0.250. The van der Waals surface area contributed by atoms with Gasteiger partial charge in [0, 0.05) is 28.9 Å². The summed E-state index contributed by atoms with van der Waals surface area (Å²) in [5, 5.41) is 2.75. The predicted molar refractivity (Wildman–Crippen MR) is 74.4 cm³/mol. The third-order valence-corrected chi connectivity index (χ3v) is 3.52. The SMILES string of the molecule is CCCc1ccc2c(c1)c1ccccc1n2C. The molecule has 0 fully saturated rings. The van der Waals surface area contributed by atoms with E-state index in [1.165, 1.54) is 40.2 Å². The van der Waals surface area contributed by atoms with Gasteiger partial charge in [0.2, 0.25) is 0 Å². The minimum Gasteiger partial charge on any atom is -0.344 e. The van der Waals surface area contributed by atoms with Crippen LogP contribution in [0.2, 0.25) is 0 Å². The minimum absolute atomic E-state index is 1.17. The molecule has 0 aliphatic rings. The largest absolute Gasteiger partial charge is 0.344 e. The smallest absolute Gasteiger partial charge is 0.0488 e. The van der Waals surface area contributed by atoms with E-state index in [1.54, 1.807) is 0 Å². The van der Waals surface area contributed by atoms with E-state index in [2.05, 4.69) is 61.0 Å². The molecule has 1 heteroatoms. The van der Waals surface area contributed by atoms with Gasteiger partial charge in [-0.1, -0.05) is 37.6 Å². The number of aryl methyl sites for hydroxylation is 2. The van der Waals surface area contributed by atoms with E-state index in [1.807, 2.05) is 0 Å². The molecule has 1 heterocycles. The van der Waals surface area contributed by atoms with E-state index in [0.717, 1.165) is 0 Å². The topological polar surface area (TPSA) is 4.93 Å². The van der Waals surface area contributed by atoms with Crippen molar-refractivity contribution < 1.29 is 0 Å². The van der Waals surface area contributed by atoms with E-state index in [9.17, 15) is 0 Å². The van der Waals surface area contributed by atoms with Gasteiger partial charge in [-0.05, 0) is 30.2 Å². The van der Waals surface area contributed by atoms with Gasteiger partial charge in [-0.2, -0.15) is 0 Å². The Labute approximate surface area is 102 Å². The normalized spacial score (nSPS) is 11.4. The van der Waals surface area contributed by atoms with Crippen LogP contribution < -0.4 is 0 Å². The monoisotopic (exact) mass is 223 g/mol. The maximum atomic E-state index is 2.35. The van der Waals surface area contributed by atoms with Gasteiger partial charge in [0.25, 0.3) is 0 Å². The molecule has 3 rings (SSSR count).